The maximum atomic E-state index is 12.8. The molecule has 0 radical (unpaired) electrons. The van der Waals surface area contributed by atoms with Crippen molar-refractivity contribution >= 4 is 21.8 Å². The van der Waals surface area contributed by atoms with Crippen LogP contribution in [0.2, 0.25) is 0 Å². The third-order valence-corrected chi connectivity index (χ3v) is 4.69. The van der Waals surface area contributed by atoms with Crippen LogP contribution in [0.4, 0.5) is 10.5 Å². The number of hydrogen-bond donors (Lipinski definition) is 0. The standard InChI is InChI=1S/C16H17NO4S/c1-3-21-16(18)17(14-7-5-4-6-8-14)22(19,20)15-11-9-13(2)10-12-15/h4-12H,3H2,1-2H3. The molecule has 0 heterocycles. The minimum atomic E-state index is -4.03. The van der Waals surface area contributed by atoms with Gasteiger partial charge in [0.1, 0.15) is 0 Å². The summed E-state index contributed by atoms with van der Waals surface area (Å²) >= 11 is 0. The van der Waals surface area contributed by atoms with E-state index in [1.54, 1.807) is 49.4 Å². The Hall–Kier alpha value is -2.34. The molecule has 2 aromatic carbocycles. The number of rotatable bonds is 4. The van der Waals surface area contributed by atoms with E-state index in [4.69, 9.17) is 4.74 Å². The van der Waals surface area contributed by atoms with Gasteiger partial charge in [0.2, 0.25) is 0 Å². The first kappa shape index (κ1) is 16.0. The molecule has 0 aliphatic rings. The molecule has 0 bridgehead atoms. The van der Waals surface area contributed by atoms with Crippen molar-refractivity contribution in [3.05, 3.63) is 60.2 Å². The molecule has 0 spiro atoms. The SMILES string of the molecule is CCOC(=O)N(c1ccccc1)S(=O)(=O)c1ccc(C)cc1. The van der Waals surface area contributed by atoms with Crippen LogP contribution in [0.3, 0.4) is 0 Å². The third kappa shape index (κ3) is 3.28. The summed E-state index contributed by atoms with van der Waals surface area (Å²) in [5, 5.41) is 0. The molecule has 0 unspecified atom stereocenters. The molecule has 0 aromatic heterocycles. The summed E-state index contributed by atoms with van der Waals surface area (Å²) in [6.45, 7) is 3.57. The van der Waals surface area contributed by atoms with E-state index in [0.717, 1.165) is 5.56 Å². The number of aryl methyl sites for hydroxylation is 1. The topological polar surface area (TPSA) is 63.7 Å². The van der Waals surface area contributed by atoms with Gasteiger partial charge in [-0.15, -0.1) is 0 Å². The van der Waals surface area contributed by atoms with Crippen molar-refractivity contribution < 1.29 is 17.9 Å². The number of carbonyl (C=O) groups is 1. The van der Waals surface area contributed by atoms with Crippen LogP contribution in [-0.2, 0) is 14.8 Å². The van der Waals surface area contributed by atoms with E-state index in [1.165, 1.54) is 12.1 Å². The van der Waals surface area contributed by atoms with E-state index >= 15 is 0 Å². The number of amides is 1. The summed E-state index contributed by atoms with van der Waals surface area (Å²) < 4.78 is 31.2. The Morgan fingerprint density at radius 3 is 2.18 bits per heavy atom. The maximum Gasteiger partial charge on any atom is 0.428 e. The molecule has 5 nitrogen and oxygen atoms in total. The number of nitrogens with zero attached hydrogens (tertiary/aromatic N) is 1. The fourth-order valence-corrected chi connectivity index (χ4v) is 3.24. The van der Waals surface area contributed by atoms with Crippen LogP contribution >= 0.6 is 0 Å². The summed E-state index contributed by atoms with van der Waals surface area (Å²) in [6.07, 6.45) is -0.922. The summed E-state index contributed by atoms with van der Waals surface area (Å²) in [5.41, 5.74) is 1.17. The molecule has 0 fully saturated rings. The molecule has 2 rings (SSSR count). The zero-order valence-corrected chi connectivity index (χ0v) is 13.2. The first-order valence-electron chi connectivity index (χ1n) is 6.80. The Bertz CT molecular complexity index is 739. The van der Waals surface area contributed by atoms with E-state index < -0.39 is 16.1 Å². The molecule has 0 aliphatic heterocycles. The molecule has 0 N–H and O–H groups in total. The Balaban J connectivity index is 2.53. The van der Waals surface area contributed by atoms with Crippen LogP contribution in [0, 0.1) is 6.92 Å². The quantitative estimate of drug-likeness (QED) is 0.867. The molecule has 0 atom stereocenters. The average molecular weight is 319 g/mol. The highest BCUT2D eigenvalue weighted by Gasteiger charge is 2.32. The van der Waals surface area contributed by atoms with E-state index in [0.29, 0.717) is 4.31 Å². The van der Waals surface area contributed by atoms with Gasteiger partial charge in [-0.3, -0.25) is 0 Å². The lowest BCUT2D eigenvalue weighted by atomic mass is 10.2. The van der Waals surface area contributed by atoms with Gasteiger partial charge in [-0.05, 0) is 38.1 Å². The van der Waals surface area contributed by atoms with Crippen molar-refractivity contribution in [2.45, 2.75) is 18.7 Å². The van der Waals surface area contributed by atoms with Gasteiger partial charge in [-0.2, -0.15) is 4.31 Å². The van der Waals surface area contributed by atoms with Crippen molar-refractivity contribution in [2.24, 2.45) is 0 Å². The Kier molecular flexibility index (Phi) is 4.82. The highest BCUT2D eigenvalue weighted by atomic mass is 32.2. The largest absolute Gasteiger partial charge is 0.449 e. The Labute approximate surface area is 130 Å². The molecule has 2 aromatic rings. The fraction of sp³-hybridized carbons (Fsp3) is 0.188. The van der Waals surface area contributed by atoms with Crippen LogP contribution in [-0.4, -0.2) is 21.1 Å². The zero-order chi connectivity index (χ0) is 16.2. The predicted molar refractivity (Wildman–Crippen MR) is 84.3 cm³/mol. The molecule has 116 valence electrons. The number of benzene rings is 2. The number of anilines is 1. The molecule has 0 saturated heterocycles. The van der Waals surface area contributed by atoms with Crippen LogP contribution < -0.4 is 4.31 Å². The first-order chi connectivity index (χ1) is 10.5. The first-order valence-corrected chi connectivity index (χ1v) is 8.24. The van der Waals surface area contributed by atoms with Gasteiger partial charge in [0, 0.05) is 0 Å². The highest BCUT2D eigenvalue weighted by molar-refractivity contribution is 7.93. The number of hydrogen-bond acceptors (Lipinski definition) is 4. The molecule has 0 saturated carbocycles. The molecule has 22 heavy (non-hydrogen) atoms. The second-order valence-electron chi connectivity index (χ2n) is 4.62. The van der Waals surface area contributed by atoms with Crippen molar-refractivity contribution in [3.63, 3.8) is 0 Å². The fourth-order valence-electron chi connectivity index (χ4n) is 1.90. The lowest BCUT2D eigenvalue weighted by Gasteiger charge is -2.21. The van der Waals surface area contributed by atoms with Gasteiger partial charge >= 0.3 is 6.09 Å². The normalized spacial score (nSPS) is 11.0. The summed E-state index contributed by atoms with van der Waals surface area (Å²) in [4.78, 5) is 12.2. The molecule has 1 amide bonds. The second-order valence-corrected chi connectivity index (χ2v) is 6.40. The molecular weight excluding hydrogens is 302 g/mol. The van der Waals surface area contributed by atoms with Crippen LogP contribution in [0.1, 0.15) is 12.5 Å². The number of sulfonamides is 1. The summed E-state index contributed by atoms with van der Waals surface area (Å²) in [5.74, 6) is 0. The van der Waals surface area contributed by atoms with Gasteiger partial charge in [0.25, 0.3) is 10.0 Å². The van der Waals surface area contributed by atoms with Crippen LogP contribution in [0.25, 0.3) is 0 Å². The predicted octanol–water partition coefficient (Wildman–Crippen LogP) is 3.35. The van der Waals surface area contributed by atoms with E-state index in [9.17, 15) is 13.2 Å². The van der Waals surface area contributed by atoms with Gasteiger partial charge in [-0.25, -0.2) is 13.2 Å². The molecule has 6 heteroatoms. The van der Waals surface area contributed by atoms with Crippen LogP contribution in [0.5, 0.6) is 0 Å². The van der Waals surface area contributed by atoms with Crippen molar-refractivity contribution in [2.75, 3.05) is 10.9 Å². The summed E-state index contributed by atoms with van der Waals surface area (Å²) in [6, 6.07) is 14.5. The van der Waals surface area contributed by atoms with Crippen molar-refractivity contribution in [3.8, 4) is 0 Å². The molecule has 0 aliphatic carbocycles. The van der Waals surface area contributed by atoms with Crippen molar-refractivity contribution in [1.29, 1.82) is 0 Å². The van der Waals surface area contributed by atoms with E-state index in [2.05, 4.69) is 0 Å². The average Bonchev–Trinajstić information content (AvgIpc) is 2.49. The van der Waals surface area contributed by atoms with E-state index in [-0.39, 0.29) is 17.2 Å². The van der Waals surface area contributed by atoms with Gasteiger partial charge in [-0.1, -0.05) is 35.9 Å². The van der Waals surface area contributed by atoms with Gasteiger partial charge in [0.15, 0.2) is 0 Å². The number of carbonyl (C=O) groups excluding carboxylic acids is 1. The zero-order valence-electron chi connectivity index (χ0n) is 12.4. The van der Waals surface area contributed by atoms with Gasteiger partial charge < -0.3 is 4.74 Å². The Morgan fingerprint density at radius 2 is 1.64 bits per heavy atom. The summed E-state index contributed by atoms with van der Waals surface area (Å²) in [7, 11) is -4.03. The maximum absolute atomic E-state index is 12.8. The Morgan fingerprint density at radius 1 is 1.05 bits per heavy atom. The minimum absolute atomic E-state index is 0.0370. The monoisotopic (exact) mass is 319 g/mol. The highest BCUT2D eigenvalue weighted by Crippen LogP contribution is 2.24. The van der Waals surface area contributed by atoms with Crippen molar-refractivity contribution in [1.82, 2.24) is 0 Å². The lowest BCUT2D eigenvalue weighted by Crippen LogP contribution is -2.37. The number of ether oxygens (including phenoxy) is 1. The second kappa shape index (κ2) is 6.62. The minimum Gasteiger partial charge on any atom is -0.449 e. The molecular formula is C16H17NO4S. The number of para-hydroxylation sites is 1. The smallest absolute Gasteiger partial charge is 0.428 e. The van der Waals surface area contributed by atoms with Gasteiger partial charge in [0.05, 0.1) is 17.2 Å². The third-order valence-electron chi connectivity index (χ3n) is 2.98. The van der Waals surface area contributed by atoms with E-state index in [1.807, 2.05) is 6.92 Å². The van der Waals surface area contributed by atoms with Crippen LogP contribution in [0.15, 0.2) is 59.5 Å². The lowest BCUT2D eigenvalue weighted by molar-refractivity contribution is 0.164.